The van der Waals surface area contributed by atoms with Crippen LogP contribution in [-0.4, -0.2) is 50.9 Å². The van der Waals surface area contributed by atoms with Gasteiger partial charge >= 0.3 is 0 Å². The van der Waals surface area contributed by atoms with Gasteiger partial charge in [-0.3, -0.25) is 19.1 Å². The number of carbonyl (C=O) groups excluding carboxylic acids is 1. The summed E-state index contributed by atoms with van der Waals surface area (Å²) in [6, 6.07) is 17.1. The topological polar surface area (TPSA) is 58.4 Å². The van der Waals surface area contributed by atoms with Gasteiger partial charge in [-0.2, -0.15) is 0 Å². The Balaban J connectivity index is 1.59. The van der Waals surface area contributed by atoms with Crippen LogP contribution in [0.5, 0.6) is 0 Å². The molecule has 1 amide bonds. The van der Waals surface area contributed by atoms with Gasteiger partial charge in [0.15, 0.2) is 0 Å². The van der Waals surface area contributed by atoms with Gasteiger partial charge in [0.1, 0.15) is 5.82 Å². The Morgan fingerprint density at radius 1 is 1.10 bits per heavy atom. The summed E-state index contributed by atoms with van der Waals surface area (Å²) in [5.74, 6) is 0.864. The van der Waals surface area contributed by atoms with Gasteiger partial charge in [-0.1, -0.05) is 37.3 Å². The molecule has 156 valence electrons. The Morgan fingerprint density at radius 3 is 2.50 bits per heavy atom. The Kier molecular flexibility index (Phi) is 5.68. The first-order chi connectivity index (χ1) is 14.5. The molecule has 0 radical (unpaired) electrons. The van der Waals surface area contributed by atoms with E-state index < -0.39 is 0 Å². The third-order valence-electron chi connectivity index (χ3n) is 6.08. The van der Waals surface area contributed by atoms with Crippen LogP contribution < -0.4 is 5.56 Å². The van der Waals surface area contributed by atoms with Crippen molar-refractivity contribution in [2.24, 2.45) is 7.05 Å². The Morgan fingerprint density at radius 2 is 1.80 bits per heavy atom. The normalized spacial score (nSPS) is 18.5. The molecule has 1 aliphatic heterocycles. The summed E-state index contributed by atoms with van der Waals surface area (Å²) < 4.78 is 1.68. The Labute approximate surface area is 176 Å². The summed E-state index contributed by atoms with van der Waals surface area (Å²) in [6.45, 7) is 6.38. The second kappa shape index (κ2) is 8.40. The smallest absolute Gasteiger partial charge is 0.261 e. The molecule has 0 spiro atoms. The highest BCUT2D eigenvalue weighted by molar-refractivity contribution is 5.94. The van der Waals surface area contributed by atoms with Gasteiger partial charge in [0.2, 0.25) is 0 Å². The third-order valence-corrected chi connectivity index (χ3v) is 6.08. The van der Waals surface area contributed by atoms with Crippen molar-refractivity contribution in [1.82, 2.24) is 19.4 Å². The van der Waals surface area contributed by atoms with Crippen molar-refractivity contribution in [2.75, 3.05) is 19.6 Å². The van der Waals surface area contributed by atoms with Gasteiger partial charge in [-0.05, 0) is 37.6 Å². The van der Waals surface area contributed by atoms with E-state index in [0.29, 0.717) is 11.9 Å². The molecule has 0 saturated carbocycles. The standard InChI is InChI=1S/C24H28N4O2/c1-4-21(22-25-20-13-9-8-12-19(20)24(30)26(22)3)27-14-15-28(17(2)16-27)23(29)18-10-6-5-7-11-18/h5-13,17,21H,4,14-16H2,1-3H3. The number of rotatable bonds is 4. The van der Waals surface area contributed by atoms with E-state index in [1.807, 2.05) is 59.5 Å². The highest BCUT2D eigenvalue weighted by Gasteiger charge is 2.33. The minimum atomic E-state index is -0.0139. The fraction of sp³-hybridized carbons (Fsp3) is 0.375. The van der Waals surface area contributed by atoms with Crippen molar-refractivity contribution in [1.29, 1.82) is 0 Å². The molecule has 4 rings (SSSR count). The molecule has 2 unspecified atom stereocenters. The largest absolute Gasteiger partial charge is 0.333 e. The fourth-order valence-electron chi connectivity index (χ4n) is 4.45. The molecular weight excluding hydrogens is 376 g/mol. The van der Waals surface area contributed by atoms with Crippen LogP contribution in [0.15, 0.2) is 59.4 Å². The number of piperazine rings is 1. The average Bonchev–Trinajstić information content (AvgIpc) is 2.78. The molecule has 0 N–H and O–H groups in total. The number of para-hydroxylation sites is 1. The zero-order valence-corrected chi connectivity index (χ0v) is 17.8. The van der Waals surface area contributed by atoms with E-state index in [4.69, 9.17) is 4.98 Å². The molecule has 6 heteroatoms. The molecule has 6 nitrogen and oxygen atoms in total. The zero-order chi connectivity index (χ0) is 21.3. The second-order valence-electron chi connectivity index (χ2n) is 7.98. The number of aromatic nitrogens is 2. The maximum absolute atomic E-state index is 12.9. The van der Waals surface area contributed by atoms with Crippen LogP contribution in [0.1, 0.15) is 42.5 Å². The lowest BCUT2D eigenvalue weighted by Crippen LogP contribution is -2.55. The van der Waals surface area contributed by atoms with Crippen molar-refractivity contribution in [3.63, 3.8) is 0 Å². The molecule has 0 bridgehead atoms. The van der Waals surface area contributed by atoms with Crippen molar-refractivity contribution in [2.45, 2.75) is 32.4 Å². The van der Waals surface area contributed by atoms with Crippen LogP contribution in [0, 0.1) is 0 Å². The molecule has 1 fully saturated rings. The van der Waals surface area contributed by atoms with Crippen molar-refractivity contribution in [3.8, 4) is 0 Å². The second-order valence-corrected chi connectivity index (χ2v) is 7.98. The van der Waals surface area contributed by atoms with Crippen molar-refractivity contribution >= 4 is 16.8 Å². The first-order valence-electron chi connectivity index (χ1n) is 10.6. The monoisotopic (exact) mass is 404 g/mol. The van der Waals surface area contributed by atoms with Gasteiger partial charge in [0.05, 0.1) is 16.9 Å². The van der Waals surface area contributed by atoms with E-state index in [1.165, 1.54) is 0 Å². The van der Waals surface area contributed by atoms with Crippen LogP contribution >= 0.6 is 0 Å². The predicted molar refractivity (Wildman–Crippen MR) is 119 cm³/mol. The van der Waals surface area contributed by atoms with Gasteiger partial charge in [-0.25, -0.2) is 4.98 Å². The summed E-state index contributed by atoms with van der Waals surface area (Å²) in [5, 5.41) is 0.644. The first kappa shape index (κ1) is 20.3. The highest BCUT2D eigenvalue weighted by Crippen LogP contribution is 2.26. The van der Waals surface area contributed by atoms with Gasteiger partial charge in [0, 0.05) is 38.3 Å². The minimum absolute atomic E-state index is 0.0139. The fourth-order valence-corrected chi connectivity index (χ4v) is 4.45. The van der Waals surface area contributed by atoms with E-state index in [1.54, 1.807) is 11.6 Å². The zero-order valence-electron chi connectivity index (χ0n) is 17.8. The lowest BCUT2D eigenvalue weighted by atomic mass is 10.1. The molecule has 30 heavy (non-hydrogen) atoms. The first-order valence-corrected chi connectivity index (χ1v) is 10.6. The number of hydrogen-bond acceptors (Lipinski definition) is 4. The van der Waals surface area contributed by atoms with Gasteiger partial charge < -0.3 is 4.90 Å². The summed E-state index contributed by atoms with van der Waals surface area (Å²) in [4.78, 5) is 34.9. The summed E-state index contributed by atoms with van der Waals surface area (Å²) in [5.41, 5.74) is 1.45. The van der Waals surface area contributed by atoms with Crippen molar-refractivity contribution < 1.29 is 4.79 Å². The maximum atomic E-state index is 12.9. The van der Waals surface area contributed by atoms with Crippen LogP contribution in [0.4, 0.5) is 0 Å². The molecule has 1 aromatic heterocycles. The number of carbonyl (C=O) groups is 1. The van der Waals surface area contributed by atoms with Crippen molar-refractivity contribution in [3.05, 3.63) is 76.3 Å². The number of benzene rings is 2. The van der Waals surface area contributed by atoms with E-state index in [9.17, 15) is 9.59 Å². The summed E-state index contributed by atoms with van der Waals surface area (Å²) in [7, 11) is 1.80. The number of nitrogens with zero attached hydrogens (tertiary/aromatic N) is 4. The lowest BCUT2D eigenvalue weighted by Gasteiger charge is -2.43. The number of fused-ring (bicyclic) bond motifs is 1. The van der Waals surface area contributed by atoms with Crippen LogP contribution in [0.2, 0.25) is 0 Å². The van der Waals surface area contributed by atoms with E-state index in [-0.39, 0.29) is 23.6 Å². The highest BCUT2D eigenvalue weighted by atomic mass is 16.2. The molecule has 2 atom stereocenters. The molecule has 2 heterocycles. The quantitative estimate of drug-likeness (QED) is 0.670. The predicted octanol–water partition coefficient (Wildman–Crippen LogP) is 3.23. The molecule has 1 aliphatic rings. The van der Waals surface area contributed by atoms with Crippen LogP contribution in [0.25, 0.3) is 10.9 Å². The molecule has 3 aromatic rings. The molecule has 2 aromatic carbocycles. The lowest BCUT2D eigenvalue weighted by molar-refractivity contribution is 0.0362. The Hall–Kier alpha value is -2.99. The summed E-state index contributed by atoms with van der Waals surface area (Å²) in [6.07, 6.45) is 0.845. The average molecular weight is 405 g/mol. The minimum Gasteiger partial charge on any atom is -0.333 e. The molecule has 0 aliphatic carbocycles. The van der Waals surface area contributed by atoms with E-state index >= 15 is 0 Å². The number of hydrogen-bond donors (Lipinski definition) is 0. The van der Waals surface area contributed by atoms with Crippen LogP contribution in [0.3, 0.4) is 0 Å². The third kappa shape index (κ3) is 3.63. The van der Waals surface area contributed by atoms with Gasteiger partial charge in [0.25, 0.3) is 11.5 Å². The molecular formula is C24H28N4O2. The Bertz CT molecular complexity index is 1110. The van der Waals surface area contributed by atoms with Crippen LogP contribution in [-0.2, 0) is 7.05 Å². The summed E-state index contributed by atoms with van der Waals surface area (Å²) >= 11 is 0. The molecule has 1 saturated heterocycles. The SMILES string of the molecule is CCC(c1nc2ccccc2c(=O)n1C)N1CCN(C(=O)c2ccccc2)C(C)C1. The van der Waals surface area contributed by atoms with E-state index in [2.05, 4.69) is 18.7 Å². The maximum Gasteiger partial charge on any atom is 0.261 e. The van der Waals surface area contributed by atoms with E-state index in [0.717, 1.165) is 36.4 Å². The van der Waals surface area contributed by atoms with Gasteiger partial charge in [-0.15, -0.1) is 0 Å². The number of amides is 1.